The van der Waals surface area contributed by atoms with E-state index in [1.807, 2.05) is 27.7 Å². The second-order valence-corrected chi connectivity index (χ2v) is 5.13. The molecular formula is C12H20N4O4. The molecule has 1 heterocycles. The van der Waals surface area contributed by atoms with Crippen molar-refractivity contribution in [3.8, 4) is 0 Å². The molecule has 1 rings (SSSR count). The molecule has 2 N–H and O–H groups in total. The summed E-state index contributed by atoms with van der Waals surface area (Å²) in [4.78, 5) is 23.1. The highest BCUT2D eigenvalue weighted by atomic mass is 16.5. The predicted molar refractivity (Wildman–Crippen MR) is 72.7 cm³/mol. The van der Waals surface area contributed by atoms with Crippen LogP contribution in [0.1, 0.15) is 27.7 Å². The molecule has 0 aromatic heterocycles. The van der Waals surface area contributed by atoms with Crippen LogP contribution in [-0.2, 0) is 19.1 Å². The fraction of sp³-hybridized carbons (Fsp3) is 0.667. The van der Waals surface area contributed by atoms with E-state index in [2.05, 4.69) is 21.1 Å². The van der Waals surface area contributed by atoms with Crippen LogP contribution in [0.15, 0.2) is 10.2 Å². The Hall–Kier alpha value is -2.12. The van der Waals surface area contributed by atoms with Crippen molar-refractivity contribution in [3.63, 3.8) is 0 Å². The van der Waals surface area contributed by atoms with E-state index in [0.29, 0.717) is 0 Å². The number of nitrogens with zero attached hydrogens (tertiary/aromatic N) is 2. The van der Waals surface area contributed by atoms with Gasteiger partial charge in [-0.3, -0.25) is 10.9 Å². The maximum atomic E-state index is 11.6. The van der Waals surface area contributed by atoms with Gasteiger partial charge in [0.2, 0.25) is 0 Å². The first-order chi connectivity index (χ1) is 9.40. The van der Waals surface area contributed by atoms with E-state index in [9.17, 15) is 9.59 Å². The molecule has 20 heavy (non-hydrogen) atoms. The van der Waals surface area contributed by atoms with Crippen molar-refractivity contribution < 1.29 is 19.1 Å². The smallest absolute Gasteiger partial charge is 0.377 e. The lowest BCUT2D eigenvalue weighted by atomic mass is 10.2. The van der Waals surface area contributed by atoms with Gasteiger partial charge in [0.15, 0.2) is 0 Å². The average Bonchev–Trinajstić information content (AvgIpc) is 2.42. The Morgan fingerprint density at radius 2 is 1.25 bits per heavy atom. The van der Waals surface area contributed by atoms with Crippen molar-refractivity contribution in [2.24, 2.45) is 22.0 Å². The van der Waals surface area contributed by atoms with Crippen LogP contribution >= 0.6 is 0 Å². The monoisotopic (exact) mass is 284 g/mol. The van der Waals surface area contributed by atoms with E-state index >= 15 is 0 Å². The third kappa shape index (κ3) is 5.25. The van der Waals surface area contributed by atoms with E-state index in [1.165, 1.54) is 0 Å². The molecule has 1 aliphatic rings. The van der Waals surface area contributed by atoms with Crippen LogP contribution in [0.25, 0.3) is 0 Å². The fourth-order valence-corrected chi connectivity index (χ4v) is 1.07. The molecule has 112 valence electrons. The van der Waals surface area contributed by atoms with E-state index in [1.54, 1.807) is 0 Å². The lowest BCUT2D eigenvalue weighted by Crippen LogP contribution is -2.42. The van der Waals surface area contributed by atoms with Gasteiger partial charge in [0.1, 0.15) is 0 Å². The minimum absolute atomic E-state index is 0.106. The first kappa shape index (κ1) is 15.9. The Balaban J connectivity index is 2.43. The normalized spacial score (nSPS) is 14.1. The molecule has 0 atom stereocenters. The van der Waals surface area contributed by atoms with Gasteiger partial charge in [-0.05, 0) is 11.8 Å². The Morgan fingerprint density at radius 3 is 1.50 bits per heavy atom. The number of ether oxygens (including phenoxy) is 2. The number of hydrogen-bond donors (Lipinski definition) is 2. The van der Waals surface area contributed by atoms with Gasteiger partial charge >= 0.3 is 11.9 Å². The molecule has 0 spiro atoms. The Kier molecular flexibility index (Phi) is 5.95. The van der Waals surface area contributed by atoms with E-state index < -0.39 is 11.9 Å². The van der Waals surface area contributed by atoms with Gasteiger partial charge in [0.25, 0.3) is 11.7 Å². The molecule has 8 nitrogen and oxygen atoms in total. The third-order valence-corrected chi connectivity index (χ3v) is 2.03. The molecule has 0 aromatic carbocycles. The van der Waals surface area contributed by atoms with Crippen LogP contribution in [0.3, 0.4) is 0 Å². The summed E-state index contributed by atoms with van der Waals surface area (Å²) in [6.07, 6.45) is 0. The highest BCUT2D eigenvalue weighted by Gasteiger charge is 2.22. The fourth-order valence-electron chi connectivity index (χ4n) is 1.07. The quantitative estimate of drug-likeness (QED) is 0.676. The second-order valence-electron chi connectivity index (χ2n) is 5.13. The first-order valence-electron chi connectivity index (χ1n) is 6.41. The van der Waals surface area contributed by atoms with Crippen LogP contribution in [0, 0.1) is 11.8 Å². The molecule has 0 aliphatic carbocycles. The van der Waals surface area contributed by atoms with Crippen LogP contribution < -0.4 is 10.9 Å². The summed E-state index contributed by atoms with van der Waals surface area (Å²) in [5.41, 5.74) is 4.72. The minimum Gasteiger partial charge on any atom is -0.459 e. The van der Waals surface area contributed by atoms with E-state index in [-0.39, 0.29) is 36.7 Å². The van der Waals surface area contributed by atoms with Crippen molar-refractivity contribution in [2.45, 2.75) is 27.7 Å². The summed E-state index contributed by atoms with van der Waals surface area (Å²) in [5, 5.41) is 7.37. The molecule has 0 fully saturated rings. The van der Waals surface area contributed by atoms with Crippen molar-refractivity contribution >= 4 is 23.6 Å². The zero-order valence-corrected chi connectivity index (χ0v) is 12.1. The summed E-state index contributed by atoms with van der Waals surface area (Å²) in [5.74, 6) is -1.03. The number of esters is 2. The first-order valence-corrected chi connectivity index (χ1v) is 6.41. The lowest BCUT2D eigenvalue weighted by Gasteiger charge is -2.14. The molecule has 0 saturated heterocycles. The Morgan fingerprint density at radius 1 is 0.900 bits per heavy atom. The SMILES string of the molecule is CC(C)COC(=O)C1=NNC(C(=O)OCC(C)C)=NN1. The molecule has 0 radical (unpaired) electrons. The van der Waals surface area contributed by atoms with Gasteiger partial charge in [-0.2, -0.15) is 0 Å². The number of carbonyl (C=O) groups is 2. The molecule has 1 aliphatic heterocycles. The number of carbonyl (C=O) groups excluding carboxylic acids is 2. The third-order valence-electron chi connectivity index (χ3n) is 2.03. The van der Waals surface area contributed by atoms with Gasteiger partial charge in [-0.25, -0.2) is 9.59 Å². The highest BCUT2D eigenvalue weighted by Crippen LogP contribution is 1.97. The molecular weight excluding hydrogens is 264 g/mol. The van der Waals surface area contributed by atoms with Crippen molar-refractivity contribution in [1.82, 2.24) is 10.9 Å². The lowest BCUT2D eigenvalue weighted by molar-refractivity contribution is -0.138. The van der Waals surface area contributed by atoms with E-state index in [4.69, 9.17) is 9.47 Å². The summed E-state index contributed by atoms with van der Waals surface area (Å²) < 4.78 is 9.92. The Bertz CT molecular complexity index is 389. The second kappa shape index (κ2) is 7.46. The molecule has 0 bridgehead atoms. The van der Waals surface area contributed by atoms with Gasteiger partial charge < -0.3 is 9.47 Å². The van der Waals surface area contributed by atoms with E-state index in [0.717, 1.165) is 0 Å². The number of rotatable bonds is 6. The summed E-state index contributed by atoms with van der Waals surface area (Å²) in [6.45, 7) is 8.25. The van der Waals surface area contributed by atoms with Crippen molar-refractivity contribution in [2.75, 3.05) is 13.2 Å². The number of hydrazone groups is 2. The standard InChI is InChI=1S/C12H20N4O4/c1-7(2)5-19-11(17)9-13-15-10(16-14-9)12(18)20-6-8(3)4/h7-8H,5-6H2,1-4H3,(H,13,14)(H,15,16). The van der Waals surface area contributed by atoms with Gasteiger partial charge in [0.05, 0.1) is 13.2 Å². The predicted octanol–water partition coefficient (Wildman–Crippen LogP) is 0.205. The molecule has 0 unspecified atom stereocenters. The largest absolute Gasteiger partial charge is 0.459 e. The summed E-state index contributed by atoms with van der Waals surface area (Å²) in [7, 11) is 0. The summed E-state index contributed by atoms with van der Waals surface area (Å²) in [6, 6.07) is 0. The molecule has 8 heteroatoms. The zero-order chi connectivity index (χ0) is 15.1. The van der Waals surface area contributed by atoms with Crippen LogP contribution in [-0.4, -0.2) is 36.8 Å². The zero-order valence-electron chi connectivity index (χ0n) is 12.1. The number of hydrogen-bond acceptors (Lipinski definition) is 8. The van der Waals surface area contributed by atoms with Crippen LogP contribution in [0.4, 0.5) is 0 Å². The van der Waals surface area contributed by atoms with Gasteiger partial charge in [0, 0.05) is 0 Å². The maximum Gasteiger partial charge on any atom is 0.377 e. The van der Waals surface area contributed by atoms with Crippen molar-refractivity contribution in [1.29, 1.82) is 0 Å². The number of amidine groups is 2. The highest BCUT2D eigenvalue weighted by molar-refractivity contribution is 6.39. The minimum atomic E-state index is -0.635. The van der Waals surface area contributed by atoms with Crippen LogP contribution in [0.5, 0.6) is 0 Å². The Labute approximate surface area is 117 Å². The maximum absolute atomic E-state index is 11.6. The van der Waals surface area contributed by atoms with Gasteiger partial charge in [-0.1, -0.05) is 27.7 Å². The molecule has 0 aromatic rings. The van der Waals surface area contributed by atoms with Crippen LogP contribution in [0.2, 0.25) is 0 Å². The number of nitrogens with one attached hydrogen (secondary N) is 2. The van der Waals surface area contributed by atoms with Crippen molar-refractivity contribution in [3.05, 3.63) is 0 Å². The topological polar surface area (TPSA) is 101 Å². The van der Waals surface area contributed by atoms with Gasteiger partial charge in [-0.15, -0.1) is 10.2 Å². The molecule has 0 amide bonds. The summed E-state index contributed by atoms with van der Waals surface area (Å²) >= 11 is 0. The average molecular weight is 284 g/mol. The molecule has 0 saturated carbocycles.